The Labute approximate surface area is 113 Å². The van der Waals surface area contributed by atoms with Crippen molar-refractivity contribution in [2.24, 2.45) is 5.92 Å². The van der Waals surface area contributed by atoms with E-state index in [1.807, 2.05) is 11.3 Å². The van der Waals surface area contributed by atoms with Gasteiger partial charge in [-0.3, -0.25) is 0 Å². The number of hydrogen-bond donors (Lipinski definition) is 1. The molecule has 1 aromatic carbocycles. The van der Waals surface area contributed by atoms with E-state index >= 15 is 0 Å². The zero-order valence-electron chi connectivity index (χ0n) is 11.2. The fourth-order valence-corrected chi connectivity index (χ4v) is 3.98. The summed E-state index contributed by atoms with van der Waals surface area (Å²) in [6.07, 6.45) is 4.28. The van der Waals surface area contributed by atoms with Gasteiger partial charge in [-0.15, -0.1) is 11.3 Å². The Balaban J connectivity index is 1.77. The largest absolute Gasteiger partial charge is 0.309 e. The maximum absolute atomic E-state index is 3.71. The molecular formula is C16H21NS. The van der Waals surface area contributed by atoms with Crippen LogP contribution in [-0.4, -0.2) is 6.54 Å². The molecule has 1 atom stereocenters. The molecule has 0 radical (unpaired) electrons. The highest BCUT2D eigenvalue weighted by Crippen LogP contribution is 2.35. The molecule has 1 saturated carbocycles. The van der Waals surface area contributed by atoms with Gasteiger partial charge in [0.15, 0.2) is 0 Å². The number of hydrogen-bond acceptors (Lipinski definition) is 2. The fraction of sp³-hybridized carbons (Fsp3) is 0.500. The normalized spacial score (nSPS) is 17.9. The van der Waals surface area contributed by atoms with Crippen molar-refractivity contribution < 1.29 is 0 Å². The highest BCUT2D eigenvalue weighted by atomic mass is 32.1. The third-order valence-electron chi connectivity index (χ3n) is 4.21. The Bertz CT molecular complexity index is 539. The fourth-order valence-electron chi connectivity index (χ4n) is 2.74. The van der Waals surface area contributed by atoms with Crippen molar-refractivity contribution >= 4 is 21.4 Å². The number of benzene rings is 1. The molecular weight excluding hydrogens is 238 g/mol. The highest BCUT2D eigenvalue weighted by molar-refractivity contribution is 7.19. The van der Waals surface area contributed by atoms with Gasteiger partial charge < -0.3 is 5.32 Å². The molecule has 0 spiro atoms. The van der Waals surface area contributed by atoms with E-state index < -0.39 is 0 Å². The van der Waals surface area contributed by atoms with Gasteiger partial charge in [-0.25, -0.2) is 0 Å². The van der Waals surface area contributed by atoms with Crippen LogP contribution >= 0.6 is 11.3 Å². The van der Waals surface area contributed by atoms with E-state index in [0.29, 0.717) is 6.04 Å². The minimum atomic E-state index is 0.489. The first-order chi connectivity index (χ1) is 8.75. The van der Waals surface area contributed by atoms with E-state index in [2.05, 4.69) is 43.4 Å². The molecule has 1 aliphatic rings. The van der Waals surface area contributed by atoms with Gasteiger partial charge in [0.25, 0.3) is 0 Å². The van der Waals surface area contributed by atoms with Crippen molar-refractivity contribution in [2.75, 3.05) is 6.54 Å². The molecule has 1 aromatic heterocycles. The average Bonchev–Trinajstić information content (AvgIpc) is 2.65. The lowest BCUT2D eigenvalue weighted by atomic mass is 9.85. The minimum absolute atomic E-state index is 0.489. The van der Waals surface area contributed by atoms with Gasteiger partial charge >= 0.3 is 0 Å². The van der Waals surface area contributed by atoms with Gasteiger partial charge in [-0.1, -0.05) is 24.6 Å². The summed E-state index contributed by atoms with van der Waals surface area (Å²) in [5.41, 5.74) is 1.46. The number of thiophene rings is 1. The molecule has 18 heavy (non-hydrogen) atoms. The molecule has 2 aromatic rings. The van der Waals surface area contributed by atoms with Crippen molar-refractivity contribution in [2.45, 2.75) is 39.2 Å². The van der Waals surface area contributed by atoms with Crippen LogP contribution in [0.1, 0.15) is 42.7 Å². The Morgan fingerprint density at radius 2 is 2.11 bits per heavy atom. The summed E-state index contributed by atoms with van der Waals surface area (Å²) >= 11 is 1.95. The van der Waals surface area contributed by atoms with Crippen LogP contribution in [0.15, 0.2) is 24.3 Å². The second-order valence-corrected chi connectivity index (χ2v) is 6.60. The van der Waals surface area contributed by atoms with E-state index in [1.54, 1.807) is 0 Å². The van der Waals surface area contributed by atoms with Crippen LogP contribution in [-0.2, 0) is 0 Å². The molecule has 3 rings (SSSR count). The molecule has 0 amide bonds. The Kier molecular flexibility index (Phi) is 3.40. The monoisotopic (exact) mass is 259 g/mol. The van der Waals surface area contributed by atoms with Crippen molar-refractivity contribution in [3.63, 3.8) is 0 Å². The smallest absolute Gasteiger partial charge is 0.0389 e. The van der Waals surface area contributed by atoms with E-state index in [1.165, 1.54) is 46.3 Å². The second-order valence-electron chi connectivity index (χ2n) is 5.51. The standard InChI is InChI=1S/C16H21NS/c1-11-14-8-3-4-9-15(14)18-16(11)12(2)17-10-13-6-5-7-13/h3-4,8-9,12-13,17H,5-7,10H2,1-2H3. The first kappa shape index (κ1) is 12.2. The molecule has 1 aliphatic carbocycles. The Morgan fingerprint density at radius 1 is 1.33 bits per heavy atom. The van der Waals surface area contributed by atoms with Crippen LogP contribution in [0.25, 0.3) is 10.1 Å². The van der Waals surface area contributed by atoms with Gasteiger partial charge in [-0.2, -0.15) is 0 Å². The van der Waals surface area contributed by atoms with Gasteiger partial charge in [-0.05, 0) is 56.2 Å². The van der Waals surface area contributed by atoms with Gasteiger partial charge in [0.2, 0.25) is 0 Å². The van der Waals surface area contributed by atoms with Crippen LogP contribution in [0.3, 0.4) is 0 Å². The average molecular weight is 259 g/mol. The summed E-state index contributed by atoms with van der Waals surface area (Å²) in [5, 5.41) is 5.14. The topological polar surface area (TPSA) is 12.0 Å². The maximum Gasteiger partial charge on any atom is 0.0389 e. The van der Waals surface area contributed by atoms with E-state index in [-0.39, 0.29) is 0 Å². The highest BCUT2D eigenvalue weighted by Gasteiger charge is 2.19. The summed E-state index contributed by atoms with van der Waals surface area (Å²) in [6, 6.07) is 9.23. The molecule has 0 bridgehead atoms. The molecule has 0 aliphatic heterocycles. The van der Waals surface area contributed by atoms with Crippen LogP contribution in [0.4, 0.5) is 0 Å². The second kappa shape index (κ2) is 5.02. The van der Waals surface area contributed by atoms with Crippen LogP contribution in [0, 0.1) is 12.8 Å². The molecule has 2 heteroatoms. The summed E-state index contributed by atoms with van der Waals surface area (Å²) in [7, 11) is 0. The van der Waals surface area contributed by atoms with Crippen molar-refractivity contribution in [3.05, 3.63) is 34.7 Å². The summed E-state index contributed by atoms with van der Waals surface area (Å²) in [4.78, 5) is 1.51. The Morgan fingerprint density at radius 3 is 2.78 bits per heavy atom. The van der Waals surface area contributed by atoms with Gasteiger partial charge in [0.05, 0.1) is 0 Å². The van der Waals surface area contributed by atoms with Gasteiger partial charge in [0, 0.05) is 15.6 Å². The number of rotatable bonds is 4. The van der Waals surface area contributed by atoms with Crippen molar-refractivity contribution in [3.8, 4) is 0 Å². The summed E-state index contributed by atoms with van der Waals surface area (Å²) in [5.74, 6) is 0.933. The first-order valence-corrected chi connectivity index (χ1v) is 7.79. The molecule has 1 nitrogen and oxygen atoms in total. The third-order valence-corrected chi connectivity index (χ3v) is 5.67. The Hall–Kier alpha value is -0.860. The van der Waals surface area contributed by atoms with Crippen LogP contribution in [0.2, 0.25) is 0 Å². The predicted molar refractivity (Wildman–Crippen MR) is 80.3 cm³/mol. The van der Waals surface area contributed by atoms with Crippen molar-refractivity contribution in [1.82, 2.24) is 5.32 Å². The van der Waals surface area contributed by atoms with Gasteiger partial charge in [0.1, 0.15) is 0 Å². The summed E-state index contributed by atoms with van der Waals surface area (Å²) < 4.78 is 1.42. The molecule has 1 unspecified atom stereocenters. The maximum atomic E-state index is 3.71. The molecule has 1 fully saturated rings. The van der Waals surface area contributed by atoms with E-state index in [4.69, 9.17) is 0 Å². The van der Waals surface area contributed by atoms with E-state index in [9.17, 15) is 0 Å². The zero-order valence-corrected chi connectivity index (χ0v) is 12.0. The third kappa shape index (κ3) is 2.19. The molecule has 0 saturated heterocycles. The lowest BCUT2D eigenvalue weighted by Gasteiger charge is -2.27. The quantitative estimate of drug-likeness (QED) is 0.842. The molecule has 96 valence electrons. The molecule has 1 N–H and O–H groups in total. The molecule has 1 heterocycles. The lowest BCUT2D eigenvalue weighted by molar-refractivity contribution is 0.293. The lowest BCUT2D eigenvalue weighted by Crippen LogP contribution is -2.29. The minimum Gasteiger partial charge on any atom is -0.309 e. The number of aryl methyl sites for hydroxylation is 1. The van der Waals surface area contributed by atoms with Crippen LogP contribution in [0.5, 0.6) is 0 Å². The zero-order chi connectivity index (χ0) is 12.5. The SMILES string of the molecule is Cc1c(C(C)NCC2CCC2)sc2ccccc12. The summed E-state index contributed by atoms with van der Waals surface area (Å²) in [6.45, 7) is 5.75. The van der Waals surface area contributed by atoms with Crippen LogP contribution < -0.4 is 5.32 Å². The first-order valence-electron chi connectivity index (χ1n) is 6.97. The number of fused-ring (bicyclic) bond motifs is 1. The van der Waals surface area contributed by atoms with Crippen molar-refractivity contribution in [1.29, 1.82) is 0 Å². The number of nitrogens with one attached hydrogen (secondary N) is 1. The van der Waals surface area contributed by atoms with E-state index in [0.717, 1.165) is 5.92 Å². The predicted octanol–water partition coefficient (Wildman–Crippen LogP) is 4.66.